The number of hydrogen-bond donors (Lipinski definition) is 0. The minimum absolute atomic E-state index is 0.411. The molecule has 0 aliphatic rings. The molecule has 0 amide bonds. The SMILES string of the molecule is CN(C)CCSc1cccc(C(CSc2cc[c]cc2)N(C)C)c1. The molecule has 0 heterocycles. The Morgan fingerprint density at radius 2 is 1.71 bits per heavy atom. The third-order valence-corrected chi connectivity index (χ3v) is 5.83. The molecule has 0 saturated carbocycles. The predicted octanol–water partition coefficient (Wildman–Crippen LogP) is 4.54. The molecule has 0 aliphatic carbocycles. The summed E-state index contributed by atoms with van der Waals surface area (Å²) in [5.41, 5.74) is 1.39. The first-order valence-electron chi connectivity index (χ1n) is 8.19. The second-order valence-corrected chi connectivity index (χ2v) is 8.51. The van der Waals surface area contributed by atoms with Gasteiger partial charge in [0.05, 0.1) is 0 Å². The maximum atomic E-state index is 3.08. The summed E-state index contributed by atoms with van der Waals surface area (Å²) < 4.78 is 0. The molecule has 2 aromatic rings. The molecule has 0 N–H and O–H groups in total. The molecule has 1 radical (unpaired) electrons. The summed E-state index contributed by atoms with van der Waals surface area (Å²) in [5, 5.41) is 0. The van der Waals surface area contributed by atoms with Crippen LogP contribution in [0.5, 0.6) is 0 Å². The van der Waals surface area contributed by atoms with E-state index in [1.165, 1.54) is 15.4 Å². The molecule has 24 heavy (non-hydrogen) atoms. The van der Waals surface area contributed by atoms with Gasteiger partial charge in [0, 0.05) is 33.9 Å². The van der Waals surface area contributed by atoms with Gasteiger partial charge in [-0.15, -0.1) is 23.5 Å². The van der Waals surface area contributed by atoms with Crippen LogP contribution in [0.15, 0.2) is 58.3 Å². The zero-order valence-corrected chi connectivity index (χ0v) is 16.7. The number of rotatable bonds is 9. The molecule has 1 atom stereocenters. The van der Waals surface area contributed by atoms with Crippen LogP contribution in [0.3, 0.4) is 0 Å². The van der Waals surface area contributed by atoms with Gasteiger partial charge in [-0.1, -0.05) is 24.3 Å². The standard InChI is InChI=1S/C20H27N2S2/c1-21(2)13-14-23-19-12-8-9-17(15-19)20(22(3)4)16-24-18-10-6-5-7-11-18/h6-12,15,20H,13-14,16H2,1-4H3. The van der Waals surface area contributed by atoms with Crippen molar-refractivity contribution in [2.45, 2.75) is 15.8 Å². The van der Waals surface area contributed by atoms with Crippen LogP contribution in [-0.2, 0) is 0 Å². The normalized spacial score (nSPS) is 12.8. The van der Waals surface area contributed by atoms with Crippen molar-refractivity contribution in [1.82, 2.24) is 9.80 Å². The average molecular weight is 360 g/mol. The quantitative estimate of drug-likeness (QED) is 0.606. The topological polar surface area (TPSA) is 6.48 Å². The maximum Gasteiger partial charge on any atom is 0.0436 e. The van der Waals surface area contributed by atoms with E-state index in [4.69, 9.17) is 0 Å². The van der Waals surface area contributed by atoms with Gasteiger partial charge in [0.15, 0.2) is 0 Å². The fourth-order valence-electron chi connectivity index (χ4n) is 2.34. The Morgan fingerprint density at radius 3 is 2.38 bits per heavy atom. The lowest BCUT2D eigenvalue weighted by Gasteiger charge is -2.25. The Hall–Kier alpha value is -0.940. The van der Waals surface area contributed by atoms with Gasteiger partial charge < -0.3 is 9.80 Å². The molecule has 129 valence electrons. The Labute approximate surface area is 155 Å². The smallest absolute Gasteiger partial charge is 0.0436 e. The van der Waals surface area contributed by atoms with Gasteiger partial charge in [-0.3, -0.25) is 0 Å². The fraction of sp³-hybridized carbons (Fsp3) is 0.400. The van der Waals surface area contributed by atoms with Gasteiger partial charge in [0.25, 0.3) is 0 Å². The highest BCUT2D eigenvalue weighted by atomic mass is 32.2. The molecule has 0 saturated heterocycles. The molecule has 0 aliphatic heterocycles. The van der Waals surface area contributed by atoms with Crippen LogP contribution in [0.25, 0.3) is 0 Å². The molecule has 0 spiro atoms. The van der Waals surface area contributed by atoms with Gasteiger partial charge in [-0.05, 0) is 64.1 Å². The van der Waals surface area contributed by atoms with Crippen molar-refractivity contribution < 1.29 is 0 Å². The second-order valence-electron chi connectivity index (χ2n) is 6.25. The summed E-state index contributed by atoms with van der Waals surface area (Å²) in [4.78, 5) is 7.21. The van der Waals surface area contributed by atoms with E-state index in [2.05, 4.69) is 80.5 Å². The van der Waals surface area contributed by atoms with E-state index in [-0.39, 0.29) is 0 Å². The Bertz CT molecular complexity index is 600. The number of thioether (sulfide) groups is 2. The predicted molar refractivity (Wildman–Crippen MR) is 108 cm³/mol. The van der Waals surface area contributed by atoms with E-state index in [9.17, 15) is 0 Å². The molecule has 2 rings (SSSR count). The molecular weight excluding hydrogens is 332 g/mol. The van der Waals surface area contributed by atoms with E-state index in [1.807, 2.05) is 35.7 Å². The molecule has 0 aromatic heterocycles. The van der Waals surface area contributed by atoms with Crippen LogP contribution in [0.1, 0.15) is 11.6 Å². The molecule has 2 nitrogen and oxygen atoms in total. The minimum atomic E-state index is 0.411. The summed E-state index contributed by atoms with van der Waals surface area (Å²) in [6.07, 6.45) is 0. The highest BCUT2D eigenvalue weighted by molar-refractivity contribution is 7.99. The second kappa shape index (κ2) is 10.1. The average Bonchev–Trinajstić information content (AvgIpc) is 2.56. The van der Waals surface area contributed by atoms with E-state index in [0.29, 0.717) is 6.04 Å². The van der Waals surface area contributed by atoms with E-state index < -0.39 is 0 Å². The zero-order valence-electron chi connectivity index (χ0n) is 15.0. The van der Waals surface area contributed by atoms with Crippen LogP contribution in [0.4, 0.5) is 0 Å². The van der Waals surface area contributed by atoms with Gasteiger partial charge in [-0.25, -0.2) is 0 Å². The van der Waals surface area contributed by atoms with Crippen molar-refractivity contribution in [3.63, 3.8) is 0 Å². The Balaban J connectivity index is 2.01. The van der Waals surface area contributed by atoms with Crippen LogP contribution in [0, 0.1) is 6.07 Å². The minimum Gasteiger partial charge on any atom is -0.309 e. The first kappa shape index (κ1) is 19.4. The van der Waals surface area contributed by atoms with E-state index in [1.54, 1.807) is 0 Å². The summed E-state index contributed by atoms with van der Waals surface area (Å²) in [6, 6.07) is 20.7. The maximum absolute atomic E-state index is 3.08. The molecule has 1 unspecified atom stereocenters. The lowest BCUT2D eigenvalue weighted by atomic mass is 10.1. The highest BCUT2D eigenvalue weighted by Gasteiger charge is 2.15. The first-order valence-corrected chi connectivity index (χ1v) is 10.2. The summed E-state index contributed by atoms with van der Waals surface area (Å²) in [5.74, 6) is 2.17. The monoisotopic (exact) mass is 359 g/mol. The van der Waals surface area contributed by atoms with Gasteiger partial charge >= 0.3 is 0 Å². The molecule has 4 heteroatoms. The number of nitrogens with zero attached hydrogens (tertiary/aromatic N) is 2. The summed E-state index contributed by atoms with van der Waals surface area (Å²) in [7, 11) is 8.57. The number of hydrogen-bond acceptors (Lipinski definition) is 4. The van der Waals surface area contributed by atoms with Gasteiger partial charge in [0.2, 0.25) is 0 Å². The largest absolute Gasteiger partial charge is 0.309 e. The van der Waals surface area contributed by atoms with Crippen molar-refractivity contribution >= 4 is 23.5 Å². The van der Waals surface area contributed by atoms with Gasteiger partial charge in [-0.2, -0.15) is 0 Å². The lowest BCUT2D eigenvalue weighted by molar-refractivity contribution is 0.326. The molecule has 2 aromatic carbocycles. The Kier molecular flexibility index (Phi) is 8.19. The third kappa shape index (κ3) is 6.52. The van der Waals surface area contributed by atoms with E-state index >= 15 is 0 Å². The van der Waals surface area contributed by atoms with Crippen molar-refractivity contribution in [1.29, 1.82) is 0 Å². The summed E-state index contributed by atoms with van der Waals surface area (Å²) in [6.45, 7) is 1.10. The molecular formula is C20H27N2S2. The fourth-order valence-corrected chi connectivity index (χ4v) is 4.60. The highest BCUT2D eigenvalue weighted by Crippen LogP contribution is 2.30. The van der Waals surface area contributed by atoms with Crippen LogP contribution >= 0.6 is 23.5 Å². The van der Waals surface area contributed by atoms with Crippen LogP contribution < -0.4 is 0 Å². The lowest BCUT2D eigenvalue weighted by Crippen LogP contribution is -2.22. The summed E-state index contributed by atoms with van der Waals surface area (Å²) >= 11 is 3.84. The van der Waals surface area contributed by atoms with Crippen molar-refractivity contribution in [3.8, 4) is 0 Å². The molecule has 0 bridgehead atoms. The van der Waals surface area contributed by atoms with E-state index in [0.717, 1.165) is 18.1 Å². The zero-order chi connectivity index (χ0) is 17.4. The third-order valence-electron chi connectivity index (χ3n) is 3.77. The molecule has 0 fully saturated rings. The van der Waals surface area contributed by atoms with Crippen LogP contribution in [0.2, 0.25) is 0 Å². The van der Waals surface area contributed by atoms with Crippen molar-refractivity contribution in [2.75, 3.05) is 46.2 Å². The van der Waals surface area contributed by atoms with Crippen molar-refractivity contribution in [3.05, 3.63) is 60.2 Å². The Morgan fingerprint density at radius 1 is 0.958 bits per heavy atom. The number of benzene rings is 2. The first-order chi connectivity index (χ1) is 11.6. The van der Waals surface area contributed by atoms with Crippen LogP contribution in [-0.4, -0.2) is 56.0 Å². The van der Waals surface area contributed by atoms with Gasteiger partial charge in [0.1, 0.15) is 0 Å². The van der Waals surface area contributed by atoms with Crippen molar-refractivity contribution in [2.24, 2.45) is 0 Å².